The van der Waals surface area contributed by atoms with Crippen molar-refractivity contribution in [2.75, 3.05) is 13.2 Å². The molecule has 3 aromatic rings. The van der Waals surface area contributed by atoms with Crippen LogP contribution in [0.5, 0.6) is 0 Å². The molecule has 1 saturated heterocycles. The highest BCUT2D eigenvalue weighted by molar-refractivity contribution is 7.10. The smallest absolute Gasteiger partial charge is 0.325 e. The van der Waals surface area contributed by atoms with Gasteiger partial charge in [0.25, 0.3) is 5.91 Å². The summed E-state index contributed by atoms with van der Waals surface area (Å²) in [6.07, 6.45) is 1.47. The highest BCUT2D eigenvalue weighted by atomic mass is 32.1. The van der Waals surface area contributed by atoms with Crippen molar-refractivity contribution in [3.05, 3.63) is 80.2 Å². The molecule has 0 aliphatic carbocycles. The number of amides is 3. The first kappa shape index (κ1) is 18.5. The average Bonchev–Trinajstić information content (AvgIpc) is 3.47. The molecule has 2 aromatic heterocycles. The van der Waals surface area contributed by atoms with E-state index < -0.39 is 6.04 Å². The second kappa shape index (κ2) is 7.74. The van der Waals surface area contributed by atoms with Gasteiger partial charge >= 0.3 is 6.03 Å². The lowest BCUT2D eigenvalue weighted by Crippen LogP contribution is -2.46. The van der Waals surface area contributed by atoms with Gasteiger partial charge in [-0.1, -0.05) is 36.4 Å². The van der Waals surface area contributed by atoms with E-state index in [0.29, 0.717) is 13.1 Å². The Morgan fingerprint density at radius 3 is 2.66 bits per heavy atom. The normalized spacial score (nSPS) is 22.0. The molecule has 1 aromatic carbocycles. The Labute approximate surface area is 177 Å². The van der Waals surface area contributed by atoms with Gasteiger partial charge in [-0.3, -0.25) is 9.69 Å². The van der Waals surface area contributed by atoms with Gasteiger partial charge in [-0.2, -0.15) is 0 Å². The number of carbonyl (C=O) groups is 2. The summed E-state index contributed by atoms with van der Waals surface area (Å²) in [6, 6.07) is 15.5. The molecule has 148 valence electrons. The molecule has 2 aliphatic rings. The molecule has 3 amide bonds. The largest absolute Gasteiger partial charge is 0.325 e. The van der Waals surface area contributed by atoms with Crippen molar-refractivity contribution in [2.45, 2.75) is 24.9 Å². The Morgan fingerprint density at radius 2 is 1.86 bits per heavy atom. The summed E-state index contributed by atoms with van der Waals surface area (Å²) >= 11 is 3.51. The van der Waals surface area contributed by atoms with Crippen LogP contribution in [0.25, 0.3) is 0 Å². The molecule has 1 N–H and O–H groups in total. The maximum atomic E-state index is 13.0. The predicted molar refractivity (Wildman–Crippen MR) is 115 cm³/mol. The molecule has 0 saturated carbocycles. The van der Waals surface area contributed by atoms with E-state index in [1.54, 1.807) is 22.7 Å². The lowest BCUT2D eigenvalue weighted by Gasteiger charge is -2.37. The fraction of sp³-hybridized carbons (Fsp3) is 0.273. The third-order valence-electron chi connectivity index (χ3n) is 5.59. The quantitative estimate of drug-likeness (QED) is 0.634. The van der Waals surface area contributed by atoms with Gasteiger partial charge in [-0.05, 0) is 40.4 Å². The van der Waals surface area contributed by atoms with Crippen molar-refractivity contribution in [3.8, 4) is 0 Å². The van der Waals surface area contributed by atoms with E-state index in [2.05, 4.69) is 39.2 Å². The number of nitrogens with one attached hydrogen (secondary N) is 1. The number of thiophene rings is 2. The number of hydrogen-bond donors (Lipinski definition) is 1. The van der Waals surface area contributed by atoms with Crippen LogP contribution in [0.4, 0.5) is 4.79 Å². The number of hydrogen-bond acceptors (Lipinski definition) is 5. The van der Waals surface area contributed by atoms with E-state index in [9.17, 15) is 9.59 Å². The Kier molecular flexibility index (Phi) is 4.95. The molecule has 4 heterocycles. The second-order valence-electron chi connectivity index (χ2n) is 7.38. The maximum absolute atomic E-state index is 13.0. The van der Waals surface area contributed by atoms with Crippen LogP contribution < -0.4 is 5.32 Å². The SMILES string of the molecule is O=C1N[C@@H](Cc2ccccc2)C(=O)N1CN1CCc2sccc2[C@H]1c1cccs1. The minimum Gasteiger partial charge on any atom is -0.325 e. The molecule has 29 heavy (non-hydrogen) atoms. The molecule has 0 unspecified atom stereocenters. The first-order valence-corrected chi connectivity index (χ1v) is 11.5. The van der Waals surface area contributed by atoms with Gasteiger partial charge in [-0.25, -0.2) is 9.69 Å². The summed E-state index contributed by atoms with van der Waals surface area (Å²) in [6.45, 7) is 1.14. The fourth-order valence-electron chi connectivity index (χ4n) is 4.18. The second-order valence-corrected chi connectivity index (χ2v) is 9.36. The lowest BCUT2D eigenvalue weighted by molar-refractivity contribution is -0.129. The van der Waals surface area contributed by atoms with E-state index >= 15 is 0 Å². The van der Waals surface area contributed by atoms with Crippen molar-refractivity contribution < 1.29 is 9.59 Å². The molecular formula is C22H21N3O2S2. The third kappa shape index (κ3) is 3.50. The van der Waals surface area contributed by atoms with Crippen LogP contribution in [0.15, 0.2) is 59.3 Å². The highest BCUT2D eigenvalue weighted by Crippen LogP contribution is 2.39. The zero-order chi connectivity index (χ0) is 19.8. The zero-order valence-corrected chi connectivity index (χ0v) is 17.4. The van der Waals surface area contributed by atoms with Crippen LogP contribution >= 0.6 is 22.7 Å². The van der Waals surface area contributed by atoms with Crippen LogP contribution in [0.3, 0.4) is 0 Å². The molecule has 0 spiro atoms. The Bertz CT molecular complexity index is 1020. The van der Waals surface area contributed by atoms with Gasteiger partial charge in [-0.15, -0.1) is 22.7 Å². The fourth-order valence-corrected chi connectivity index (χ4v) is 5.96. The van der Waals surface area contributed by atoms with Crippen LogP contribution in [0.2, 0.25) is 0 Å². The number of imide groups is 1. The van der Waals surface area contributed by atoms with Crippen molar-refractivity contribution in [1.29, 1.82) is 0 Å². The molecule has 2 aliphatic heterocycles. The Balaban J connectivity index is 1.36. The minimum atomic E-state index is -0.494. The van der Waals surface area contributed by atoms with Crippen molar-refractivity contribution in [2.24, 2.45) is 0 Å². The molecule has 5 nitrogen and oxygen atoms in total. The molecule has 0 bridgehead atoms. The van der Waals surface area contributed by atoms with Crippen LogP contribution in [0.1, 0.15) is 26.9 Å². The number of carbonyl (C=O) groups excluding carboxylic acids is 2. The van der Waals surface area contributed by atoms with Crippen LogP contribution in [-0.2, 0) is 17.6 Å². The maximum Gasteiger partial charge on any atom is 0.325 e. The van der Waals surface area contributed by atoms with Gasteiger partial charge in [0.1, 0.15) is 6.04 Å². The minimum absolute atomic E-state index is 0.0961. The molecular weight excluding hydrogens is 402 g/mol. The summed E-state index contributed by atoms with van der Waals surface area (Å²) in [7, 11) is 0. The molecule has 2 atom stereocenters. The number of urea groups is 1. The topological polar surface area (TPSA) is 52.7 Å². The van der Waals surface area contributed by atoms with Crippen molar-refractivity contribution >= 4 is 34.6 Å². The average molecular weight is 424 g/mol. The first-order valence-electron chi connectivity index (χ1n) is 9.70. The highest BCUT2D eigenvalue weighted by Gasteiger charge is 2.41. The van der Waals surface area contributed by atoms with Gasteiger partial charge < -0.3 is 5.32 Å². The summed E-state index contributed by atoms with van der Waals surface area (Å²) in [5.41, 5.74) is 2.35. The lowest BCUT2D eigenvalue weighted by atomic mass is 9.99. The molecule has 0 radical (unpaired) electrons. The third-order valence-corrected chi connectivity index (χ3v) is 7.51. The number of nitrogens with zero attached hydrogens (tertiary/aromatic N) is 2. The van der Waals surface area contributed by atoms with E-state index in [-0.39, 0.29) is 18.0 Å². The van der Waals surface area contributed by atoms with Gasteiger partial charge in [0, 0.05) is 22.7 Å². The van der Waals surface area contributed by atoms with E-state index in [0.717, 1.165) is 18.5 Å². The number of rotatable bonds is 5. The molecule has 1 fully saturated rings. The number of benzene rings is 1. The Morgan fingerprint density at radius 1 is 1.00 bits per heavy atom. The van der Waals surface area contributed by atoms with Gasteiger partial charge in [0.15, 0.2) is 0 Å². The summed E-state index contributed by atoms with van der Waals surface area (Å²) in [5.74, 6) is -0.139. The van der Waals surface area contributed by atoms with Gasteiger partial charge in [0.05, 0.1) is 12.7 Å². The van der Waals surface area contributed by atoms with Crippen molar-refractivity contribution in [3.63, 3.8) is 0 Å². The van der Waals surface area contributed by atoms with E-state index in [1.165, 1.54) is 20.2 Å². The first-order chi connectivity index (χ1) is 14.2. The molecule has 5 rings (SSSR count). The van der Waals surface area contributed by atoms with Gasteiger partial charge in [0.2, 0.25) is 0 Å². The standard InChI is InChI=1S/C22H21N3O2S2/c26-21-17(13-15-5-2-1-3-6-15)23-22(27)25(21)14-24-10-8-18-16(9-12-29-18)20(24)19-7-4-11-28-19/h1-7,9,11-12,17,20H,8,10,13-14H2,(H,23,27)/t17-,20-/m0/s1. The van der Waals surface area contributed by atoms with Crippen LogP contribution in [0, 0.1) is 0 Å². The van der Waals surface area contributed by atoms with E-state index in [4.69, 9.17) is 0 Å². The number of fused-ring (bicyclic) bond motifs is 1. The predicted octanol–water partition coefficient (Wildman–Crippen LogP) is 3.88. The van der Waals surface area contributed by atoms with Crippen molar-refractivity contribution in [1.82, 2.24) is 15.1 Å². The summed E-state index contributed by atoms with van der Waals surface area (Å²) in [5, 5.41) is 7.09. The Hall–Kier alpha value is -2.48. The van der Waals surface area contributed by atoms with Crippen LogP contribution in [-0.4, -0.2) is 41.0 Å². The summed E-state index contributed by atoms with van der Waals surface area (Å²) in [4.78, 5) is 31.9. The monoisotopic (exact) mass is 423 g/mol. The summed E-state index contributed by atoms with van der Waals surface area (Å²) < 4.78 is 0. The zero-order valence-electron chi connectivity index (χ0n) is 15.8. The van der Waals surface area contributed by atoms with E-state index in [1.807, 2.05) is 30.3 Å². The molecule has 7 heteroatoms.